The minimum atomic E-state index is 0.268. The molecule has 5 aliphatic carbocycles. The molecule has 1 N–H and O–H groups in total. The van der Waals surface area contributed by atoms with E-state index in [2.05, 4.69) is 53.1 Å². The average molecular weight is 470 g/mol. The van der Waals surface area contributed by atoms with Crippen LogP contribution in [0.15, 0.2) is 11.6 Å². The molecule has 0 amide bonds. The standard InChI is InChI=1S/C32H55NO/c1-22(15-18-30(2,3)33-6)27-13-14-28-26-12-11-23-21-25(34-24-9-7-8-10-24)16-19-31(23,4)29(26)17-20-32(27,28)5/h11,22,24-29,33H,7-10,12-21H2,1-6H3/t22-,25+,26?,27-,28?,29?,31+,32-/m1/s1. The molecule has 0 radical (unpaired) electrons. The van der Waals surface area contributed by atoms with Crippen molar-refractivity contribution in [3.8, 4) is 0 Å². The molecule has 194 valence electrons. The lowest BCUT2D eigenvalue weighted by Gasteiger charge is -2.58. The molecule has 4 fully saturated rings. The van der Waals surface area contributed by atoms with Crippen LogP contribution in [-0.2, 0) is 4.74 Å². The van der Waals surface area contributed by atoms with Gasteiger partial charge >= 0.3 is 0 Å². The van der Waals surface area contributed by atoms with E-state index < -0.39 is 0 Å². The Morgan fingerprint density at radius 2 is 1.76 bits per heavy atom. The van der Waals surface area contributed by atoms with Crippen molar-refractivity contribution in [2.24, 2.45) is 40.4 Å². The first-order valence-electron chi connectivity index (χ1n) is 15.2. The van der Waals surface area contributed by atoms with Crippen molar-refractivity contribution in [3.05, 3.63) is 11.6 Å². The minimum Gasteiger partial charge on any atom is -0.375 e. The fourth-order valence-corrected chi connectivity index (χ4v) is 9.93. The number of nitrogens with one attached hydrogen (secondary N) is 1. The van der Waals surface area contributed by atoms with Crippen molar-refractivity contribution in [1.82, 2.24) is 5.32 Å². The first-order chi connectivity index (χ1) is 16.2. The molecule has 5 rings (SSSR count). The van der Waals surface area contributed by atoms with E-state index in [0.717, 1.165) is 29.6 Å². The van der Waals surface area contributed by atoms with E-state index in [1.165, 1.54) is 89.9 Å². The lowest BCUT2D eigenvalue weighted by molar-refractivity contribution is -0.0744. The molecule has 0 spiro atoms. The molecule has 0 aromatic carbocycles. The van der Waals surface area contributed by atoms with Crippen molar-refractivity contribution in [1.29, 1.82) is 0 Å². The van der Waals surface area contributed by atoms with Crippen molar-refractivity contribution in [2.45, 2.75) is 142 Å². The maximum absolute atomic E-state index is 6.62. The summed E-state index contributed by atoms with van der Waals surface area (Å²) in [5.41, 5.74) is 3.10. The number of hydrogen-bond acceptors (Lipinski definition) is 2. The smallest absolute Gasteiger partial charge is 0.0616 e. The van der Waals surface area contributed by atoms with Crippen LogP contribution >= 0.6 is 0 Å². The Bertz CT molecular complexity index is 750. The van der Waals surface area contributed by atoms with Gasteiger partial charge in [-0.05, 0) is 138 Å². The molecule has 0 saturated heterocycles. The zero-order chi connectivity index (χ0) is 24.1. The highest BCUT2D eigenvalue weighted by molar-refractivity contribution is 5.25. The number of allylic oxidation sites excluding steroid dienone is 1. The SMILES string of the molecule is CNC(C)(C)CC[C@@H](C)[C@H]1CCC2C3CC=C4C[C@@H](OC5CCCC5)CC[C@]4(C)C3CC[C@@]21C. The van der Waals surface area contributed by atoms with Crippen LogP contribution in [0, 0.1) is 40.4 Å². The molecule has 0 aliphatic heterocycles. The highest BCUT2D eigenvalue weighted by atomic mass is 16.5. The number of rotatable bonds is 7. The second-order valence-electron chi connectivity index (χ2n) is 14.5. The minimum absolute atomic E-state index is 0.268. The van der Waals surface area contributed by atoms with Gasteiger partial charge in [0.05, 0.1) is 12.2 Å². The molecule has 2 nitrogen and oxygen atoms in total. The average Bonchev–Trinajstić information content (AvgIpc) is 3.45. The molecule has 5 aliphatic rings. The predicted molar refractivity (Wildman–Crippen MR) is 144 cm³/mol. The van der Waals surface area contributed by atoms with Gasteiger partial charge < -0.3 is 10.1 Å². The highest BCUT2D eigenvalue weighted by Gasteiger charge is 2.59. The van der Waals surface area contributed by atoms with Crippen LogP contribution in [0.2, 0.25) is 0 Å². The maximum atomic E-state index is 6.62. The third-order valence-corrected chi connectivity index (χ3v) is 12.4. The quantitative estimate of drug-likeness (QED) is 0.378. The summed E-state index contributed by atoms with van der Waals surface area (Å²) >= 11 is 0. The molecule has 2 heteroatoms. The van der Waals surface area contributed by atoms with Gasteiger partial charge in [-0.3, -0.25) is 0 Å². The van der Waals surface area contributed by atoms with E-state index in [1.807, 2.05) is 0 Å². The van der Waals surface area contributed by atoms with Gasteiger partial charge in [0, 0.05) is 5.54 Å². The van der Waals surface area contributed by atoms with E-state index in [0.29, 0.717) is 23.0 Å². The van der Waals surface area contributed by atoms with Crippen LogP contribution in [0.1, 0.15) is 125 Å². The summed E-state index contributed by atoms with van der Waals surface area (Å²) in [6.45, 7) is 12.7. The van der Waals surface area contributed by atoms with Gasteiger partial charge in [0.2, 0.25) is 0 Å². The van der Waals surface area contributed by atoms with E-state index in [-0.39, 0.29) is 5.54 Å². The molecule has 0 aromatic rings. The molecule has 4 saturated carbocycles. The van der Waals surface area contributed by atoms with Gasteiger partial charge in [-0.15, -0.1) is 0 Å². The molecule has 0 heterocycles. The summed E-state index contributed by atoms with van der Waals surface area (Å²) < 4.78 is 6.62. The lowest BCUT2D eigenvalue weighted by Crippen LogP contribution is -2.51. The monoisotopic (exact) mass is 469 g/mol. The molecule has 3 unspecified atom stereocenters. The van der Waals surface area contributed by atoms with E-state index >= 15 is 0 Å². The van der Waals surface area contributed by atoms with Gasteiger partial charge in [-0.2, -0.15) is 0 Å². The van der Waals surface area contributed by atoms with Crippen LogP contribution < -0.4 is 5.32 Å². The van der Waals surface area contributed by atoms with Gasteiger partial charge in [-0.1, -0.05) is 45.3 Å². The van der Waals surface area contributed by atoms with Crippen LogP contribution in [0.25, 0.3) is 0 Å². The lowest BCUT2D eigenvalue weighted by atomic mass is 9.47. The van der Waals surface area contributed by atoms with Gasteiger partial charge in [0.25, 0.3) is 0 Å². The van der Waals surface area contributed by atoms with Crippen LogP contribution in [0.4, 0.5) is 0 Å². The third-order valence-electron chi connectivity index (χ3n) is 12.4. The van der Waals surface area contributed by atoms with Crippen molar-refractivity contribution in [2.75, 3.05) is 7.05 Å². The fraction of sp³-hybridized carbons (Fsp3) is 0.938. The third kappa shape index (κ3) is 4.46. The molecular weight excluding hydrogens is 414 g/mol. The zero-order valence-corrected chi connectivity index (χ0v) is 23.4. The van der Waals surface area contributed by atoms with Crippen molar-refractivity contribution in [3.63, 3.8) is 0 Å². The van der Waals surface area contributed by atoms with Gasteiger partial charge in [0.15, 0.2) is 0 Å². The first-order valence-corrected chi connectivity index (χ1v) is 15.2. The van der Waals surface area contributed by atoms with Crippen LogP contribution in [0.3, 0.4) is 0 Å². The van der Waals surface area contributed by atoms with Crippen LogP contribution in [0.5, 0.6) is 0 Å². The normalized spacial score (nSPS) is 43.7. The van der Waals surface area contributed by atoms with Gasteiger partial charge in [0.1, 0.15) is 0 Å². The summed E-state index contributed by atoms with van der Waals surface area (Å²) in [5, 5.41) is 3.53. The molecule has 0 bridgehead atoms. The summed E-state index contributed by atoms with van der Waals surface area (Å²) in [6, 6.07) is 0. The second-order valence-corrected chi connectivity index (χ2v) is 14.5. The molecule has 0 aromatic heterocycles. The summed E-state index contributed by atoms with van der Waals surface area (Å²) in [6.07, 6.45) is 23.1. The van der Waals surface area contributed by atoms with Crippen molar-refractivity contribution >= 4 is 0 Å². The largest absolute Gasteiger partial charge is 0.375 e. The van der Waals surface area contributed by atoms with Crippen LogP contribution in [-0.4, -0.2) is 24.8 Å². The molecular formula is C32H55NO. The molecule has 34 heavy (non-hydrogen) atoms. The second kappa shape index (κ2) is 9.51. The number of ether oxygens (including phenoxy) is 1. The topological polar surface area (TPSA) is 21.3 Å². The fourth-order valence-electron chi connectivity index (χ4n) is 9.93. The maximum Gasteiger partial charge on any atom is 0.0616 e. The summed E-state index contributed by atoms with van der Waals surface area (Å²) in [4.78, 5) is 0. The number of hydrogen-bond donors (Lipinski definition) is 1. The zero-order valence-electron chi connectivity index (χ0n) is 23.4. The Hall–Kier alpha value is -0.340. The predicted octanol–water partition coefficient (Wildman–Crippen LogP) is 8.31. The van der Waals surface area contributed by atoms with E-state index in [1.54, 1.807) is 5.57 Å². The Labute approximate surface area is 211 Å². The van der Waals surface area contributed by atoms with E-state index in [4.69, 9.17) is 4.74 Å². The summed E-state index contributed by atoms with van der Waals surface area (Å²) in [5.74, 6) is 4.60. The van der Waals surface area contributed by atoms with Crippen molar-refractivity contribution < 1.29 is 4.74 Å². The number of fused-ring (bicyclic) bond motifs is 5. The highest BCUT2D eigenvalue weighted by Crippen LogP contribution is 2.67. The first kappa shape index (κ1) is 25.3. The molecule has 8 atom stereocenters. The summed E-state index contributed by atoms with van der Waals surface area (Å²) in [7, 11) is 2.12. The Balaban J connectivity index is 1.26. The Kier molecular flexibility index (Phi) is 7.08. The Morgan fingerprint density at radius 1 is 1.00 bits per heavy atom. The van der Waals surface area contributed by atoms with Gasteiger partial charge in [-0.25, -0.2) is 0 Å². The van der Waals surface area contributed by atoms with E-state index in [9.17, 15) is 0 Å². The Morgan fingerprint density at radius 3 is 2.50 bits per heavy atom.